The van der Waals surface area contributed by atoms with Gasteiger partial charge in [-0.05, 0) is 42.8 Å². The van der Waals surface area contributed by atoms with Crippen LogP contribution >= 0.6 is 23.4 Å². The van der Waals surface area contributed by atoms with Gasteiger partial charge in [0.1, 0.15) is 5.75 Å². The first-order valence-electron chi connectivity index (χ1n) is 7.02. The van der Waals surface area contributed by atoms with Gasteiger partial charge in [0.25, 0.3) is 0 Å². The normalized spacial score (nSPS) is 11.0. The molecule has 0 aliphatic rings. The van der Waals surface area contributed by atoms with E-state index in [0.29, 0.717) is 6.54 Å². The number of methoxy groups -OCH3 is 1. The minimum atomic E-state index is 0.625. The van der Waals surface area contributed by atoms with Crippen LogP contribution in [0.15, 0.2) is 52.4 Å². The number of hydrogen-bond donors (Lipinski definition) is 2. The van der Waals surface area contributed by atoms with Gasteiger partial charge >= 0.3 is 0 Å². The molecule has 0 saturated heterocycles. The third-order valence-corrected chi connectivity index (χ3v) is 4.91. The fraction of sp³-hybridized carbons (Fsp3) is 0.176. The summed E-state index contributed by atoms with van der Waals surface area (Å²) in [6.07, 6.45) is 2.86. The predicted molar refractivity (Wildman–Crippen MR) is 93.2 cm³/mol. The molecular formula is C17H17ClN2OS. The number of nitrogens with one attached hydrogen (secondary N) is 1. The summed E-state index contributed by atoms with van der Waals surface area (Å²) in [6.45, 7) is 0.625. The zero-order valence-electron chi connectivity index (χ0n) is 12.2. The lowest BCUT2D eigenvalue weighted by molar-refractivity contribution is 0.415. The van der Waals surface area contributed by atoms with Gasteiger partial charge in [-0.25, -0.2) is 0 Å². The molecule has 3 N–H and O–H groups in total. The lowest BCUT2D eigenvalue weighted by Gasteiger charge is -2.08. The minimum Gasteiger partial charge on any atom is -0.497 e. The van der Waals surface area contributed by atoms with E-state index in [4.69, 9.17) is 22.1 Å². The maximum atomic E-state index is 6.15. The molecule has 0 amide bonds. The Morgan fingerprint density at radius 1 is 1.18 bits per heavy atom. The van der Waals surface area contributed by atoms with Crippen LogP contribution in [-0.2, 0) is 6.42 Å². The van der Waals surface area contributed by atoms with Gasteiger partial charge in [0, 0.05) is 32.5 Å². The number of rotatable bonds is 5. The van der Waals surface area contributed by atoms with Crippen LogP contribution in [0.4, 0.5) is 0 Å². The fourth-order valence-electron chi connectivity index (χ4n) is 2.39. The van der Waals surface area contributed by atoms with Gasteiger partial charge in [-0.1, -0.05) is 29.4 Å². The number of H-pyrrole nitrogens is 1. The van der Waals surface area contributed by atoms with E-state index in [1.165, 1.54) is 10.9 Å². The number of benzene rings is 2. The molecule has 5 heteroatoms. The van der Waals surface area contributed by atoms with Crippen molar-refractivity contribution >= 4 is 34.3 Å². The molecule has 0 bridgehead atoms. The Morgan fingerprint density at radius 2 is 2.05 bits per heavy atom. The molecule has 0 radical (unpaired) electrons. The second-order valence-electron chi connectivity index (χ2n) is 4.96. The number of halogens is 1. The summed E-state index contributed by atoms with van der Waals surface area (Å²) in [5, 5.41) is 1.91. The monoisotopic (exact) mass is 332 g/mol. The summed E-state index contributed by atoms with van der Waals surface area (Å²) in [7, 11) is 1.67. The van der Waals surface area contributed by atoms with Crippen molar-refractivity contribution in [3.8, 4) is 5.75 Å². The van der Waals surface area contributed by atoms with Gasteiger partial charge in [-0.2, -0.15) is 0 Å². The number of aromatic amines is 1. The van der Waals surface area contributed by atoms with E-state index in [0.717, 1.165) is 32.5 Å². The molecule has 3 aromatic rings. The molecule has 2 aromatic carbocycles. The average molecular weight is 333 g/mol. The molecule has 3 rings (SSSR count). The molecule has 0 atom stereocenters. The summed E-state index contributed by atoms with van der Waals surface area (Å²) in [5.41, 5.74) is 7.98. The van der Waals surface area contributed by atoms with Crippen LogP contribution < -0.4 is 10.5 Å². The third-order valence-electron chi connectivity index (χ3n) is 3.51. The minimum absolute atomic E-state index is 0.625. The average Bonchev–Trinajstić information content (AvgIpc) is 2.92. The van der Waals surface area contributed by atoms with Crippen molar-refractivity contribution < 1.29 is 4.74 Å². The van der Waals surface area contributed by atoms with Crippen molar-refractivity contribution in [3.05, 3.63) is 53.2 Å². The Hall–Kier alpha value is -1.62. The third kappa shape index (κ3) is 3.09. The lowest BCUT2D eigenvalue weighted by Crippen LogP contribution is -2.03. The number of nitrogens with two attached hydrogens (primary N) is 1. The SMILES string of the molecule is COc1ccc2c(Sc3cc(Cl)ccc3CCN)c[nH]c2c1. The van der Waals surface area contributed by atoms with Crippen molar-refractivity contribution in [3.63, 3.8) is 0 Å². The van der Waals surface area contributed by atoms with Gasteiger partial charge < -0.3 is 15.5 Å². The van der Waals surface area contributed by atoms with Gasteiger partial charge in [-0.3, -0.25) is 0 Å². The maximum absolute atomic E-state index is 6.15. The Balaban J connectivity index is 1.98. The zero-order chi connectivity index (χ0) is 15.5. The van der Waals surface area contributed by atoms with Crippen molar-refractivity contribution in [1.29, 1.82) is 0 Å². The van der Waals surface area contributed by atoms with Crippen LogP contribution in [0.2, 0.25) is 5.02 Å². The standard InChI is InChI=1S/C17H17ClN2OS/c1-21-13-4-5-14-15(9-13)20-10-17(14)22-16-8-12(18)3-2-11(16)6-7-19/h2-5,8-10,20H,6-7,19H2,1H3. The van der Waals surface area contributed by atoms with E-state index in [-0.39, 0.29) is 0 Å². The van der Waals surface area contributed by atoms with Crippen molar-refractivity contribution in [1.82, 2.24) is 4.98 Å². The molecule has 0 aliphatic heterocycles. The van der Waals surface area contributed by atoms with Crippen molar-refractivity contribution in [2.75, 3.05) is 13.7 Å². The summed E-state index contributed by atoms with van der Waals surface area (Å²) in [6, 6.07) is 12.0. The molecule has 22 heavy (non-hydrogen) atoms. The summed E-state index contributed by atoms with van der Waals surface area (Å²) in [5.74, 6) is 0.845. The van der Waals surface area contributed by atoms with Crippen molar-refractivity contribution in [2.45, 2.75) is 16.2 Å². The van der Waals surface area contributed by atoms with Gasteiger partial charge in [-0.15, -0.1) is 0 Å². The van der Waals surface area contributed by atoms with Crippen LogP contribution in [0.1, 0.15) is 5.56 Å². The van der Waals surface area contributed by atoms with Gasteiger partial charge in [0.05, 0.1) is 12.6 Å². The molecule has 114 valence electrons. The van der Waals surface area contributed by atoms with Crippen LogP contribution in [0.25, 0.3) is 10.9 Å². The van der Waals surface area contributed by atoms with Crippen LogP contribution in [0.3, 0.4) is 0 Å². The molecule has 0 aliphatic carbocycles. The Morgan fingerprint density at radius 3 is 2.82 bits per heavy atom. The first-order chi connectivity index (χ1) is 10.7. The molecule has 0 fully saturated rings. The number of hydrogen-bond acceptors (Lipinski definition) is 3. The number of aromatic nitrogens is 1. The van der Waals surface area contributed by atoms with Crippen LogP contribution in [-0.4, -0.2) is 18.6 Å². The zero-order valence-corrected chi connectivity index (χ0v) is 13.8. The second-order valence-corrected chi connectivity index (χ2v) is 6.48. The Kier molecular flexibility index (Phi) is 4.62. The highest BCUT2D eigenvalue weighted by Gasteiger charge is 2.10. The van der Waals surface area contributed by atoms with E-state index >= 15 is 0 Å². The van der Waals surface area contributed by atoms with E-state index in [1.807, 2.05) is 30.5 Å². The van der Waals surface area contributed by atoms with E-state index in [1.54, 1.807) is 18.9 Å². The van der Waals surface area contributed by atoms with E-state index in [2.05, 4.69) is 17.1 Å². The maximum Gasteiger partial charge on any atom is 0.120 e. The predicted octanol–water partition coefficient (Wildman–Crippen LogP) is 4.48. The molecule has 0 saturated carbocycles. The lowest BCUT2D eigenvalue weighted by atomic mass is 10.1. The summed E-state index contributed by atoms with van der Waals surface area (Å²) >= 11 is 7.85. The highest BCUT2D eigenvalue weighted by Crippen LogP contribution is 2.37. The van der Waals surface area contributed by atoms with E-state index < -0.39 is 0 Å². The van der Waals surface area contributed by atoms with Crippen LogP contribution in [0.5, 0.6) is 5.75 Å². The van der Waals surface area contributed by atoms with Gasteiger partial charge in [0.2, 0.25) is 0 Å². The molecule has 1 aromatic heterocycles. The topological polar surface area (TPSA) is 51.0 Å². The van der Waals surface area contributed by atoms with E-state index in [9.17, 15) is 0 Å². The highest BCUT2D eigenvalue weighted by molar-refractivity contribution is 7.99. The quantitative estimate of drug-likeness (QED) is 0.724. The molecular weight excluding hydrogens is 316 g/mol. The second kappa shape index (κ2) is 6.65. The first kappa shape index (κ1) is 15.3. The molecule has 1 heterocycles. The summed E-state index contributed by atoms with van der Waals surface area (Å²) in [4.78, 5) is 5.60. The molecule has 0 spiro atoms. The smallest absolute Gasteiger partial charge is 0.120 e. The molecule has 0 unspecified atom stereocenters. The first-order valence-corrected chi connectivity index (χ1v) is 8.22. The van der Waals surface area contributed by atoms with Crippen LogP contribution in [0, 0.1) is 0 Å². The largest absolute Gasteiger partial charge is 0.497 e. The Bertz CT molecular complexity index is 800. The molecule has 3 nitrogen and oxygen atoms in total. The fourth-order valence-corrected chi connectivity index (χ4v) is 3.76. The Labute approximate surface area is 138 Å². The highest BCUT2D eigenvalue weighted by atomic mass is 35.5. The number of ether oxygens (including phenoxy) is 1. The van der Waals surface area contributed by atoms with Gasteiger partial charge in [0.15, 0.2) is 0 Å². The number of fused-ring (bicyclic) bond motifs is 1. The van der Waals surface area contributed by atoms with Crippen molar-refractivity contribution in [2.24, 2.45) is 5.73 Å². The summed E-state index contributed by atoms with van der Waals surface area (Å²) < 4.78 is 5.26.